The molecule has 1 atom stereocenters. The van der Waals surface area contributed by atoms with Crippen LogP contribution in [0.25, 0.3) is 33.2 Å². The Hall–Kier alpha value is -3.50. The number of carbonyl (C=O) groups is 1. The predicted octanol–water partition coefficient (Wildman–Crippen LogP) is 7.11. The van der Waals surface area contributed by atoms with Crippen molar-refractivity contribution in [1.82, 2.24) is 4.98 Å². The third-order valence-electron chi connectivity index (χ3n) is 6.49. The third kappa shape index (κ3) is 4.87. The molecule has 5 rings (SSSR count). The van der Waals surface area contributed by atoms with Crippen LogP contribution in [0.5, 0.6) is 5.75 Å². The first-order valence-electron chi connectivity index (χ1n) is 12.0. The molecule has 4 aromatic rings. The number of benzene rings is 3. The molecule has 4 nitrogen and oxygen atoms in total. The first kappa shape index (κ1) is 22.3. The molecule has 1 saturated heterocycles. The van der Waals surface area contributed by atoms with Crippen molar-refractivity contribution in [2.24, 2.45) is 0 Å². The summed E-state index contributed by atoms with van der Waals surface area (Å²) in [6, 6.07) is 24.2. The molecule has 34 heavy (non-hydrogen) atoms. The predicted molar refractivity (Wildman–Crippen MR) is 136 cm³/mol. The number of fused-ring (bicyclic) bond motifs is 1. The largest absolute Gasteiger partial charge is 0.492 e. The molecule has 0 spiro atoms. The fraction of sp³-hybridized carbons (Fsp3) is 0.267. The number of pyridine rings is 1. The van der Waals surface area contributed by atoms with Gasteiger partial charge in [0.05, 0.1) is 18.2 Å². The van der Waals surface area contributed by atoms with Crippen molar-refractivity contribution < 1.29 is 14.3 Å². The molecule has 1 aromatic heterocycles. The highest BCUT2D eigenvalue weighted by Crippen LogP contribution is 2.38. The highest BCUT2D eigenvalue weighted by Gasteiger charge is 2.17. The van der Waals surface area contributed by atoms with E-state index in [0.717, 1.165) is 64.8 Å². The number of carbonyl (C=O) groups excluding carboxylic acids is 1. The number of ether oxygens (including phenoxy) is 2. The number of ketones is 1. The van der Waals surface area contributed by atoms with E-state index < -0.39 is 0 Å². The molecule has 1 aliphatic heterocycles. The number of nitrogens with zero attached hydrogens (tertiary/aromatic N) is 1. The maximum atomic E-state index is 11.7. The topological polar surface area (TPSA) is 48.4 Å². The molecule has 1 unspecified atom stereocenters. The summed E-state index contributed by atoms with van der Waals surface area (Å²) in [5.41, 5.74) is 5.80. The van der Waals surface area contributed by atoms with Crippen LogP contribution in [0, 0.1) is 0 Å². The number of Topliss-reactive ketones (excluding diaryl/α,β-unsaturated/α-hetero) is 1. The van der Waals surface area contributed by atoms with Gasteiger partial charge in [0.2, 0.25) is 0 Å². The molecular weight excluding hydrogens is 422 g/mol. The van der Waals surface area contributed by atoms with E-state index in [-0.39, 0.29) is 11.9 Å². The summed E-state index contributed by atoms with van der Waals surface area (Å²) < 4.78 is 12.4. The van der Waals surface area contributed by atoms with Crippen molar-refractivity contribution in [2.45, 2.75) is 38.7 Å². The lowest BCUT2D eigenvalue weighted by Gasteiger charge is -2.23. The van der Waals surface area contributed by atoms with Crippen molar-refractivity contribution >= 4 is 16.7 Å². The quantitative estimate of drug-likeness (QED) is 0.281. The SMILES string of the molecule is CC(=O)c1ccc(-c2ccc3ncc(-c4ccccc4)c(OCCC4CCCCO4)c3c2)cc1. The lowest BCUT2D eigenvalue weighted by molar-refractivity contribution is 0.00417. The standard InChI is InChI=1S/C30H29NO3/c1-21(32)22-10-12-23(13-11-22)25-14-15-29-27(19-25)30(34-18-16-26-9-5-6-17-33-26)28(20-31-29)24-7-3-2-4-8-24/h2-4,7-8,10-15,19-20,26H,5-6,9,16-18H2,1H3. The Morgan fingerprint density at radius 1 is 0.971 bits per heavy atom. The molecule has 2 heterocycles. The van der Waals surface area contributed by atoms with E-state index in [2.05, 4.69) is 24.3 Å². The van der Waals surface area contributed by atoms with Crippen LogP contribution in [0.2, 0.25) is 0 Å². The maximum absolute atomic E-state index is 11.7. The lowest BCUT2D eigenvalue weighted by Crippen LogP contribution is -2.21. The average Bonchev–Trinajstić information content (AvgIpc) is 2.89. The van der Waals surface area contributed by atoms with E-state index in [4.69, 9.17) is 14.5 Å². The summed E-state index contributed by atoms with van der Waals surface area (Å²) >= 11 is 0. The summed E-state index contributed by atoms with van der Waals surface area (Å²) in [5.74, 6) is 0.925. The molecule has 0 amide bonds. The monoisotopic (exact) mass is 451 g/mol. The van der Waals surface area contributed by atoms with Gasteiger partial charge in [-0.2, -0.15) is 0 Å². The van der Waals surface area contributed by atoms with Gasteiger partial charge in [-0.1, -0.05) is 60.7 Å². The smallest absolute Gasteiger partial charge is 0.159 e. The number of hydrogen-bond donors (Lipinski definition) is 0. The number of aromatic nitrogens is 1. The van der Waals surface area contributed by atoms with Gasteiger partial charge in [-0.25, -0.2) is 0 Å². The molecule has 172 valence electrons. The number of rotatable bonds is 7. The van der Waals surface area contributed by atoms with Crippen LogP contribution in [0.15, 0.2) is 79.0 Å². The second-order valence-electron chi connectivity index (χ2n) is 8.86. The van der Waals surface area contributed by atoms with Gasteiger partial charge in [-0.05, 0) is 55.0 Å². The van der Waals surface area contributed by atoms with Gasteiger partial charge in [0.15, 0.2) is 5.78 Å². The highest BCUT2D eigenvalue weighted by molar-refractivity contribution is 5.96. The minimum atomic E-state index is 0.0689. The van der Waals surface area contributed by atoms with Crippen LogP contribution in [0.1, 0.15) is 43.0 Å². The molecule has 0 N–H and O–H groups in total. The van der Waals surface area contributed by atoms with E-state index in [0.29, 0.717) is 12.2 Å². The summed E-state index contributed by atoms with van der Waals surface area (Å²) in [5, 5.41) is 0.985. The molecule has 3 aromatic carbocycles. The summed E-state index contributed by atoms with van der Waals surface area (Å²) in [6.45, 7) is 3.04. The van der Waals surface area contributed by atoms with Crippen molar-refractivity contribution in [3.8, 4) is 28.0 Å². The van der Waals surface area contributed by atoms with Gasteiger partial charge in [-0.15, -0.1) is 0 Å². The fourth-order valence-electron chi connectivity index (χ4n) is 4.55. The molecule has 1 aliphatic rings. The summed E-state index contributed by atoms with van der Waals surface area (Å²) in [4.78, 5) is 16.4. The molecule has 1 fully saturated rings. The zero-order valence-corrected chi connectivity index (χ0v) is 19.5. The Morgan fingerprint density at radius 3 is 2.50 bits per heavy atom. The minimum absolute atomic E-state index is 0.0689. The number of hydrogen-bond acceptors (Lipinski definition) is 4. The second kappa shape index (κ2) is 10.2. The minimum Gasteiger partial charge on any atom is -0.492 e. The highest BCUT2D eigenvalue weighted by atomic mass is 16.5. The van der Waals surface area contributed by atoms with Crippen molar-refractivity contribution in [3.05, 3.63) is 84.6 Å². The lowest BCUT2D eigenvalue weighted by atomic mass is 9.98. The fourth-order valence-corrected chi connectivity index (χ4v) is 4.55. The van der Waals surface area contributed by atoms with Gasteiger partial charge in [0.1, 0.15) is 5.75 Å². The van der Waals surface area contributed by atoms with E-state index >= 15 is 0 Å². The summed E-state index contributed by atoms with van der Waals surface area (Å²) in [6.07, 6.45) is 6.55. The van der Waals surface area contributed by atoms with Crippen molar-refractivity contribution in [3.63, 3.8) is 0 Å². The molecular formula is C30H29NO3. The van der Waals surface area contributed by atoms with Crippen LogP contribution < -0.4 is 4.74 Å². The van der Waals surface area contributed by atoms with Gasteiger partial charge >= 0.3 is 0 Å². The van der Waals surface area contributed by atoms with Crippen LogP contribution >= 0.6 is 0 Å². The van der Waals surface area contributed by atoms with Gasteiger partial charge in [0, 0.05) is 35.7 Å². The Balaban J connectivity index is 1.52. The van der Waals surface area contributed by atoms with Gasteiger partial charge < -0.3 is 9.47 Å². The van der Waals surface area contributed by atoms with Gasteiger partial charge in [-0.3, -0.25) is 9.78 Å². The first-order chi connectivity index (χ1) is 16.7. The average molecular weight is 452 g/mol. The Morgan fingerprint density at radius 2 is 1.76 bits per heavy atom. The van der Waals surface area contributed by atoms with Crippen LogP contribution in [0.3, 0.4) is 0 Å². The molecule has 0 aliphatic carbocycles. The van der Waals surface area contributed by atoms with Crippen LogP contribution in [0.4, 0.5) is 0 Å². The Labute approximate surface area is 200 Å². The normalized spacial score (nSPS) is 15.9. The van der Waals surface area contributed by atoms with E-state index in [1.807, 2.05) is 54.7 Å². The van der Waals surface area contributed by atoms with Gasteiger partial charge in [0.25, 0.3) is 0 Å². The van der Waals surface area contributed by atoms with E-state index in [1.54, 1.807) is 6.92 Å². The molecule has 0 bridgehead atoms. The Kier molecular flexibility index (Phi) is 6.68. The van der Waals surface area contributed by atoms with Crippen LogP contribution in [-0.2, 0) is 4.74 Å². The zero-order valence-electron chi connectivity index (χ0n) is 19.5. The maximum Gasteiger partial charge on any atom is 0.159 e. The first-order valence-corrected chi connectivity index (χ1v) is 12.0. The van der Waals surface area contributed by atoms with Crippen molar-refractivity contribution in [2.75, 3.05) is 13.2 Å². The third-order valence-corrected chi connectivity index (χ3v) is 6.49. The molecule has 4 heteroatoms. The molecule has 0 saturated carbocycles. The van der Waals surface area contributed by atoms with Crippen molar-refractivity contribution in [1.29, 1.82) is 0 Å². The van der Waals surface area contributed by atoms with Crippen LogP contribution in [-0.4, -0.2) is 30.1 Å². The Bertz CT molecular complexity index is 1280. The summed E-state index contributed by atoms with van der Waals surface area (Å²) in [7, 11) is 0. The van der Waals surface area contributed by atoms with E-state index in [9.17, 15) is 4.79 Å². The molecule has 0 radical (unpaired) electrons. The zero-order chi connectivity index (χ0) is 23.3. The van der Waals surface area contributed by atoms with E-state index in [1.165, 1.54) is 6.42 Å². The second-order valence-corrected chi connectivity index (χ2v) is 8.86.